The second kappa shape index (κ2) is 10.7. The highest BCUT2D eigenvalue weighted by atomic mass is 19.1. The number of hydrogen-bond donors (Lipinski definition) is 2. The molecular formula is C13H25FN2O3. The minimum absolute atomic E-state index is 0.0377. The summed E-state index contributed by atoms with van der Waals surface area (Å²) in [5.41, 5.74) is 0. The summed E-state index contributed by atoms with van der Waals surface area (Å²) >= 11 is 0. The molecule has 19 heavy (non-hydrogen) atoms. The molecule has 0 heterocycles. The molecule has 0 aromatic rings. The summed E-state index contributed by atoms with van der Waals surface area (Å²) in [7, 11) is 3.93. The van der Waals surface area contributed by atoms with Gasteiger partial charge in [-0.05, 0) is 46.3 Å². The van der Waals surface area contributed by atoms with Crippen LogP contribution in [0.4, 0.5) is 4.39 Å². The zero-order chi connectivity index (χ0) is 14.7. The third-order valence-electron chi connectivity index (χ3n) is 2.73. The van der Waals surface area contributed by atoms with E-state index in [0.29, 0.717) is 19.4 Å². The second-order valence-corrected chi connectivity index (χ2v) is 4.91. The molecule has 2 N–H and O–H groups in total. The molecule has 0 aliphatic heterocycles. The number of alkyl halides is 1. The molecule has 0 saturated heterocycles. The predicted octanol–water partition coefficient (Wildman–Crippen LogP) is 1.43. The predicted molar refractivity (Wildman–Crippen MR) is 71.8 cm³/mol. The number of nitrogens with zero attached hydrogens (tertiary/aromatic N) is 1. The van der Waals surface area contributed by atoms with Crippen molar-refractivity contribution >= 4 is 11.9 Å². The Kier molecular flexibility index (Phi) is 10.1. The number of carbonyl (C=O) groups is 2. The zero-order valence-electron chi connectivity index (χ0n) is 11.8. The van der Waals surface area contributed by atoms with Crippen LogP contribution in [0.15, 0.2) is 0 Å². The number of carboxylic acids is 1. The van der Waals surface area contributed by atoms with Gasteiger partial charge in [0.05, 0.1) is 0 Å². The molecule has 0 rings (SSSR count). The number of carboxylic acid groups (broad SMARTS) is 1. The quantitative estimate of drug-likeness (QED) is 0.560. The number of carbonyl (C=O) groups excluding carboxylic acids is 1. The van der Waals surface area contributed by atoms with Crippen molar-refractivity contribution in [2.24, 2.45) is 0 Å². The van der Waals surface area contributed by atoms with Crippen molar-refractivity contribution in [3.63, 3.8) is 0 Å². The monoisotopic (exact) mass is 276 g/mol. The number of nitrogens with one attached hydrogen (secondary N) is 1. The Hall–Kier alpha value is -1.17. The summed E-state index contributed by atoms with van der Waals surface area (Å²) in [6, 6.07) is 0. The van der Waals surface area contributed by atoms with Gasteiger partial charge in [0, 0.05) is 13.0 Å². The Labute approximate surface area is 114 Å². The number of aliphatic carboxylic acids is 1. The first-order valence-electron chi connectivity index (χ1n) is 6.71. The van der Waals surface area contributed by atoms with E-state index in [1.165, 1.54) is 0 Å². The molecule has 6 heteroatoms. The van der Waals surface area contributed by atoms with E-state index in [-0.39, 0.29) is 12.3 Å². The molecule has 0 bridgehead atoms. The van der Waals surface area contributed by atoms with Gasteiger partial charge in [-0.1, -0.05) is 6.42 Å². The first-order chi connectivity index (χ1) is 8.93. The molecule has 1 amide bonds. The highest BCUT2D eigenvalue weighted by Crippen LogP contribution is 2.06. The summed E-state index contributed by atoms with van der Waals surface area (Å²) in [5, 5.41) is 11.1. The number of amides is 1. The minimum atomic E-state index is -1.76. The van der Waals surface area contributed by atoms with E-state index in [4.69, 9.17) is 5.11 Å². The molecule has 0 aromatic carbocycles. The summed E-state index contributed by atoms with van der Waals surface area (Å²) in [6.45, 7) is 1.46. The summed E-state index contributed by atoms with van der Waals surface area (Å²) in [5.74, 6) is -1.36. The van der Waals surface area contributed by atoms with Gasteiger partial charge in [-0.15, -0.1) is 0 Å². The number of hydrogen-bond acceptors (Lipinski definition) is 3. The Morgan fingerprint density at radius 3 is 2.47 bits per heavy atom. The molecule has 0 fully saturated rings. The lowest BCUT2D eigenvalue weighted by Crippen LogP contribution is -2.25. The fourth-order valence-corrected chi connectivity index (χ4v) is 1.62. The van der Waals surface area contributed by atoms with Crippen LogP contribution in [0.2, 0.25) is 0 Å². The largest absolute Gasteiger partial charge is 0.479 e. The molecule has 0 saturated carbocycles. The maximum absolute atomic E-state index is 12.7. The van der Waals surface area contributed by atoms with Crippen LogP contribution in [0, 0.1) is 0 Å². The van der Waals surface area contributed by atoms with Crippen molar-refractivity contribution < 1.29 is 19.1 Å². The van der Waals surface area contributed by atoms with Crippen LogP contribution in [0.25, 0.3) is 0 Å². The first-order valence-corrected chi connectivity index (χ1v) is 6.71. The Morgan fingerprint density at radius 1 is 1.21 bits per heavy atom. The standard InChI is InChI=1S/C13H25FN2O3/c1-16(2)10-6-8-12(17)15-9-5-3-4-7-11(14)13(18)19/h11H,3-10H2,1-2H3,(H,15,17)(H,18,19). The van der Waals surface area contributed by atoms with Gasteiger partial charge < -0.3 is 15.3 Å². The molecule has 0 radical (unpaired) electrons. The van der Waals surface area contributed by atoms with E-state index in [1.54, 1.807) is 0 Å². The average molecular weight is 276 g/mol. The van der Waals surface area contributed by atoms with Crippen LogP contribution in [0.1, 0.15) is 38.5 Å². The molecule has 0 aliphatic rings. The molecule has 1 atom stereocenters. The lowest BCUT2D eigenvalue weighted by atomic mass is 10.1. The summed E-state index contributed by atoms with van der Waals surface area (Å²) < 4.78 is 12.7. The van der Waals surface area contributed by atoms with Crippen LogP contribution in [-0.2, 0) is 9.59 Å². The van der Waals surface area contributed by atoms with Gasteiger partial charge in [0.2, 0.25) is 5.91 Å². The van der Waals surface area contributed by atoms with Gasteiger partial charge in [0.15, 0.2) is 6.17 Å². The molecule has 0 aliphatic carbocycles. The van der Waals surface area contributed by atoms with Gasteiger partial charge >= 0.3 is 5.97 Å². The van der Waals surface area contributed by atoms with Gasteiger partial charge in [0.25, 0.3) is 0 Å². The third-order valence-corrected chi connectivity index (χ3v) is 2.73. The minimum Gasteiger partial charge on any atom is -0.479 e. The third kappa shape index (κ3) is 11.6. The topological polar surface area (TPSA) is 69.6 Å². The van der Waals surface area contributed by atoms with Gasteiger partial charge in [0.1, 0.15) is 0 Å². The first kappa shape index (κ1) is 17.8. The maximum Gasteiger partial charge on any atom is 0.338 e. The number of unbranched alkanes of at least 4 members (excludes halogenated alkanes) is 2. The van der Waals surface area contributed by atoms with Crippen molar-refractivity contribution in [2.45, 2.75) is 44.7 Å². The second-order valence-electron chi connectivity index (χ2n) is 4.91. The van der Waals surface area contributed by atoms with Crippen LogP contribution >= 0.6 is 0 Å². The van der Waals surface area contributed by atoms with Crippen molar-refractivity contribution in [2.75, 3.05) is 27.2 Å². The van der Waals surface area contributed by atoms with E-state index in [0.717, 1.165) is 25.8 Å². The highest BCUT2D eigenvalue weighted by molar-refractivity contribution is 5.75. The van der Waals surface area contributed by atoms with Gasteiger partial charge in [-0.25, -0.2) is 9.18 Å². The summed E-state index contributed by atoms with van der Waals surface area (Å²) in [6.07, 6.45) is 1.65. The van der Waals surface area contributed by atoms with Gasteiger partial charge in [-0.2, -0.15) is 0 Å². The average Bonchev–Trinajstić information content (AvgIpc) is 2.32. The summed E-state index contributed by atoms with van der Waals surface area (Å²) in [4.78, 5) is 23.6. The zero-order valence-corrected chi connectivity index (χ0v) is 11.8. The highest BCUT2D eigenvalue weighted by Gasteiger charge is 2.14. The van der Waals surface area contributed by atoms with Crippen LogP contribution in [-0.4, -0.2) is 55.2 Å². The smallest absolute Gasteiger partial charge is 0.338 e. The van der Waals surface area contributed by atoms with Crippen molar-refractivity contribution in [3.8, 4) is 0 Å². The normalized spacial score (nSPS) is 12.4. The Morgan fingerprint density at radius 2 is 1.89 bits per heavy atom. The number of halogens is 1. The van der Waals surface area contributed by atoms with E-state index in [2.05, 4.69) is 5.32 Å². The number of rotatable bonds is 11. The maximum atomic E-state index is 12.7. The lowest BCUT2D eigenvalue weighted by Gasteiger charge is -2.09. The van der Waals surface area contributed by atoms with Crippen LogP contribution in [0.3, 0.4) is 0 Å². The van der Waals surface area contributed by atoms with E-state index in [1.807, 2.05) is 19.0 Å². The van der Waals surface area contributed by atoms with Crippen LogP contribution < -0.4 is 5.32 Å². The molecular weight excluding hydrogens is 251 g/mol. The molecule has 0 aromatic heterocycles. The molecule has 0 spiro atoms. The SMILES string of the molecule is CN(C)CCCC(=O)NCCCCCC(F)C(=O)O. The fourth-order valence-electron chi connectivity index (χ4n) is 1.62. The van der Waals surface area contributed by atoms with Crippen molar-refractivity contribution in [1.29, 1.82) is 0 Å². The van der Waals surface area contributed by atoms with E-state index in [9.17, 15) is 14.0 Å². The van der Waals surface area contributed by atoms with Crippen molar-refractivity contribution in [1.82, 2.24) is 10.2 Å². The Bertz CT molecular complexity index is 273. The van der Waals surface area contributed by atoms with Gasteiger partial charge in [-0.3, -0.25) is 4.79 Å². The van der Waals surface area contributed by atoms with E-state index < -0.39 is 12.1 Å². The molecule has 5 nitrogen and oxygen atoms in total. The fraction of sp³-hybridized carbons (Fsp3) is 0.846. The lowest BCUT2D eigenvalue weighted by molar-refractivity contribution is -0.143. The Balaban J connectivity index is 3.34. The van der Waals surface area contributed by atoms with E-state index >= 15 is 0 Å². The molecule has 112 valence electrons. The van der Waals surface area contributed by atoms with Crippen LogP contribution in [0.5, 0.6) is 0 Å². The molecule has 1 unspecified atom stereocenters. The van der Waals surface area contributed by atoms with Crippen molar-refractivity contribution in [3.05, 3.63) is 0 Å².